The molecule has 0 spiro atoms. The first-order chi connectivity index (χ1) is 7.74. The van der Waals surface area contributed by atoms with Crippen molar-refractivity contribution in [2.75, 3.05) is 5.75 Å². The molecule has 16 heavy (non-hydrogen) atoms. The number of rotatable bonds is 2. The monoisotopic (exact) mass is 297 g/mol. The Bertz CT molecular complexity index is 473. The maximum atomic E-state index is 10.9. The lowest BCUT2D eigenvalue weighted by Gasteiger charge is -1.92. The number of halogens is 1. The Kier molecular flexibility index (Phi) is 3.74. The van der Waals surface area contributed by atoms with E-state index in [1.165, 1.54) is 11.8 Å². The van der Waals surface area contributed by atoms with E-state index in [0.29, 0.717) is 10.9 Å². The molecule has 0 unspecified atom stereocenters. The summed E-state index contributed by atoms with van der Waals surface area (Å²) in [6.07, 6.45) is 1.64. The molecule has 0 atom stereocenters. The molecular formula is C10H8BrN3OS. The van der Waals surface area contributed by atoms with E-state index in [1.54, 1.807) is 6.21 Å². The normalized spacial score (nSPS) is 18.3. The summed E-state index contributed by atoms with van der Waals surface area (Å²) in [7, 11) is 0. The highest BCUT2D eigenvalue weighted by atomic mass is 79.9. The molecule has 0 aromatic heterocycles. The number of amidine groups is 1. The first-order valence-electron chi connectivity index (χ1n) is 4.53. The molecule has 82 valence electrons. The summed E-state index contributed by atoms with van der Waals surface area (Å²) in [5.74, 6) is 0.395. The van der Waals surface area contributed by atoms with Crippen molar-refractivity contribution in [3.05, 3.63) is 34.3 Å². The van der Waals surface area contributed by atoms with Crippen LogP contribution < -0.4 is 5.32 Å². The van der Waals surface area contributed by atoms with Gasteiger partial charge in [0.05, 0.1) is 12.0 Å². The van der Waals surface area contributed by atoms with Crippen LogP contribution in [-0.2, 0) is 4.79 Å². The van der Waals surface area contributed by atoms with Gasteiger partial charge >= 0.3 is 0 Å². The number of hydrogen-bond acceptors (Lipinski definition) is 4. The molecule has 0 bridgehead atoms. The molecule has 1 aromatic rings. The van der Waals surface area contributed by atoms with Gasteiger partial charge in [-0.15, -0.1) is 5.10 Å². The molecule has 1 fully saturated rings. The lowest BCUT2D eigenvalue weighted by molar-refractivity contribution is -0.116. The minimum Gasteiger partial charge on any atom is -0.303 e. The van der Waals surface area contributed by atoms with Crippen LogP contribution in [0.3, 0.4) is 0 Å². The van der Waals surface area contributed by atoms with Crippen LogP contribution in [0.15, 0.2) is 38.9 Å². The summed E-state index contributed by atoms with van der Waals surface area (Å²) in [6, 6.07) is 7.72. The van der Waals surface area contributed by atoms with E-state index in [2.05, 4.69) is 31.4 Å². The van der Waals surface area contributed by atoms with Crippen molar-refractivity contribution < 1.29 is 4.79 Å². The molecule has 2 rings (SSSR count). The van der Waals surface area contributed by atoms with Gasteiger partial charge in [0.2, 0.25) is 5.91 Å². The van der Waals surface area contributed by atoms with Crippen molar-refractivity contribution in [3.63, 3.8) is 0 Å². The lowest BCUT2D eigenvalue weighted by Crippen LogP contribution is -2.19. The molecule has 4 nitrogen and oxygen atoms in total. The fraction of sp³-hybridized carbons (Fsp3) is 0.100. The number of nitrogens with one attached hydrogen (secondary N) is 1. The molecule has 0 radical (unpaired) electrons. The van der Waals surface area contributed by atoms with Gasteiger partial charge in [-0.3, -0.25) is 4.79 Å². The topological polar surface area (TPSA) is 53.8 Å². The third-order valence-corrected chi connectivity index (χ3v) is 3.15. The van der Waals surface area contributed by atoms with Gasteiger partial charge in [-0.05, 0) is 17.7 Å². The van der Waals surface area contributed by atoms with E-state index in [1.807, 2.05) is 24.3 Å². The second-order valence-electron chi connectivity index (χ2n) is 3.04. The van der Waals surface area contributed by atoms with Crippen LogP contribution in [0.2, 0.25) is 0 Å². The molecule has 1 heterocycles. The average Bonchev–Trinajstić information content (AvgIpc) is 2.64. The Morgan fingerprint density at radius 3 is 3.06 bits per heavy atom. The molecule has 0 aliphatic carbocycles. The molecule has 6 heteroatoms. The van der Waals surface area contributed by atoms with E-state index >= 15 is 0 Å². The lowest BCUT2D eigenvalue weighted by atomic mass is 10.2. The summed E-state index contributed by atoms with van der Waals surface area (Å²) >= 11 is 4.72. The standard InChI is InChI=1S/C10H8BrN3OS/c11-8-3-1-2-7(4-8)5-12-14-10-13-9(15)6-16-10/h1-5H,6H2,(H,13,14,15). The molecule has 1 N–H and O–H groups in total. The third kappa shape index (κ3) is 3.18. The SMILES string of the molecule is O=C1CSC(=NN=Cc2cccc(Br)c2)N1. The summed E-state index contributed by atoms with van der Waals surface area (Å²) in [6.45, 7) is 0. The van der Waals surface area contributed by atoms with Crippen molar-refractivity contribution in [1.29, 1.82) is 0 Å². The van der Waals surface area contributed by atoms with Gasteiger partial charge in [0.15, 0.2) is 5.17 Å². The first-order valence-corrected chi connectivity index (χ1v) is 6.31. The number of carbonyl (C=O) groups excluding carboxylic acids is 1. The van der Waals surface area contributed by atoms with Gasteiger partial charge in [0, 0.05) is 4.47 Å². The van der Waals surface area contributed by atoms with Crippen molar-refractivity contribution >= 4 is 45.0 Å². The van der Waals surface area contributed by atoms with Crippen LogP contribution >= 0.6 is 27.7 Å². The van der Waals surface area contributed by atoms with Gasteiger partial charge in [-0.25, -0.2) is 0 Å². The van der Waals surface area contributed by atoms with Crippen LogP contribution in [0, 0.1) is 0 Å². The number of benzene rings is 1. The van der Waals surface area contributed by atoms with Crippen LogP contribution in [0.25, 0.3) is 0 Å². The molecule has 0 saturated carbocycles. The summed E-state index contributed by atoms with van der Waals surface area (Å²) < 4.78 is 0.993. The van der Waals surface area contributed by atoms with E-state index < -0.39 is 0 Å². The zero-order valence-corrected chi connectivity index (χ0v) is 10.6. The van der Waals surface area contributed by atoms with Crippen LogP contribution in [0.4, 0.5) is 0 Å². The Morgan fingerprint density at radius 1 is 1.50 bits per heavy atom. The maximum Gasteiger partial charge on any atom is 0.236 e. The van der Waals surface area contributed by atoms with E-state index in [-0.39, 0.29) is 5.91 Å². The quantitative estimate of drug-likeness (QED) is 0.670. The Labute approximate surface area is 105 Å². The smallest absolute Gasteiger partial charge is 0.236 e. The minimum atomic E-state index is -0.0265. The number of thioether (sulfide) groups is 1. The zero-order chi connectivity index (χ0) is 11.4. The first kappa shape index (κ1) is 11.3. The fourth-order valence-electron chi connectivity index (χ4n) is 1.11. The number of hydrogen-bond donors (Lipinski definition) is 1. The van der Waals surface area contributed by atoms with Crippen LogP contribution in [0.5, 0.6) is 0 Å². The highest BCUT2D eigenvalue weighted by molar-refractivity contribution is 9.10. The highest BCUT2D eigenvalue weighted by Gasteiger charge is 2.15. The van der Waals surface area contributed by atoms with Gasteiger partial charge in [0.25, 0.3) is 0 Å². The molecule has 1 aliphatic heterocycles. The molecular weight excluding hydrogens is 290 g/mol. The van der Waals surface area contributed by atoms with E-state index in [4.69, 9.17) is 0 Å². The van der Waals surface area contributed by atoms with Crippen LogP contribution in [0.1, 0.15) is 5.56 Å². The predicted molar refractivity (Wildman–Crippen MR) is 69.8 cm³/mol. The zero-order valence-electron chi connectivity index (χ0n) is 8.18. The Hall–Kier alpha value is -1.14. The maximum absolute atomic E-state index is 10.9. The second kappa shape index (κ2) is 5.27. The fourth-order valence-corrected chi connectivity index (χ4v) is 2.16. The molecule has 1 aromatic carbocycles. The second-order valence-corrected chi connectivity index (χ2v) is 4.92. The number of carbonyl (C=O) groups is 1. The summed E-state index contributed by atoms with van der Waals surface area (Å²) in [4.78, 5) is 10.9. The van der Waals surface area contributed by atoms with Gasteiger partial charge in [0.1, 0.15) is 0 Å². The van der Waals surface area contributed by atoms with Gasteiger partial charge < -0.3 is 5.32 Å². The Morgan fingerprint density at radius 2 is 2.38 bits per heavy atom. The Balaban J connectivity index is 2.02. The van der Waals surface area contributed by atoms with Crippen molar-refractivity contribution in [1.82, 2.24) is 5.32 Å². The molecule has 1 aliphatic rings. The van der Waals surface area contributed by atoms with Crippen LogP contribution in [-0.4, -0.2) is 23.0 Å². The largest absolute Gasteiger partial charge is 0.303 e. The average molecular weight is 298 g/mol. The predicted octanol–water partition coefficient (Wildman–Crippen LogP) is 2.00. The highest BCUT2D eigenvalue weighted by Crippen LogP contribution is 2.11. The van der Waals surface area contributed by atoms with E-state index in [9.17, 15) is 4.79 Å². The molecule has 1 saturated heterocycles. The van der Waals surface area contributed by atoms with Crippen molar-refractivity contribution in [2.24, 2.45) is 10.2 Å². The summed E-state index contributed by atoms with van der Waals surface area (Å²) in [5.41, 5.74) is 0.952. The van der Waals surface area contributed by atoms with Gasteiger partial charge in [-0.1, -0.05) is 39.8 Å². The number of amides is 1. The van der Waals surface area contributed by atoms with Crippen molar-refractivity contribution in [3.8, 4) is 0 Å². The van der Waals surface area contributed by atoms with Gasteiger partial charge in [-0.2, -0.15) is 5.10 Å². The van der Waals surface area contributed by atoms with E-state index in [0.717, 1.165) is 10.0 Å². The third-order valence-electron chi connectivity index (χ3n) is 1.79. The summed E-state index contributed by atoms with van der Waals surface area (Å²) in [5, 5.41) is 11.0. The minimum absolute atomic E-state index is 0.0265. The molecule has 1 amide bonds. The van der Waals surface area contributed by atoms with Crippen molar-refractivity contribution in [2.45, 2.75) is 0 Å². The number of nitrogens with zero attached hydrogens (tertiary/aromatic N) is 2.